The van der Waals surface area contributed by atoms with Gasteiger partial charge in [0, 0.05) is 21.7 Å². The fourth-order valence-electron chi connectivity index (χ4n) is 3.22. The van der Waals surface area contributed by atoms with E-state index in [1.807, 2.05) is 0 Å². The normalized spacial score (nSPS) is 29.4. The van der Waals surface area contributed by atoms with Crippen LogP contribution in [0.5, 0.6) is 0 Å². The highest BCUT2D eigenvalue weighted by molar-refractivity contribution is 6.87. The Morgan fingerprint density at radius 3 is 2.07 bits per heavy atom. The van der Waals surface area contributed by atoms with Gasteiger partial charge in [-0.3, -0.25) is 0 Å². The predicted octanol–water partition coefficient (Wildman–Crippen LogP) is 2.30. The molecular formula is C11H26OSi2. The van der Waals surface area contributed by atoms with Crippen molar-refractivity contribution in [2.24, 2.45) is 0 Å². The van der Waals surface area contributed by atoms with Gasteiger partial charge in [0.2, 0.25) is 0 Å². The maximum absolute atomic E-state index is 6.23. The molecule has 1 unspecified atom stereocenters. The number of ether oxygens (including phenoxy) is 1. The second-order valence-electron chi connectivity index (χ2n) is 4.88. The van der Waals surface area contributed by atoms with E-state index in [1.54, 1.807) is 0 Å². The van der Waals surface area contributed by atoms with Crippen molar-refractivity contribution in [1.29, 1.82) is 0 Å². The zero-order valence-corrected chi connectivity index (χ0v) is 13.4. The minimum atomic E-state index is -1.10. The summed E-state index contributed by atoms with van der Waals surface area (Å²) >= 11 is 0. The molecule has 1 atom stereocenters. The van der Waals surface area contributed by atoms with Crippen LogP contribution in [0.25, 0.3) is 0 Å². The molecule has 84 valence electrons. The number of rotatable bonds is 4. The average molecular weight is 230 g/mol. The van der Waals surface area contributed by atoms with Gasteiger partial charge in [-0.25, -0.2) is 0 Å². The molecule has 0 aromatic carbocycles. The molecule has 3 heteroatoms. The van der Waals surface area contributed by atoms with Crippen molar-refractivity contribution >= 4 is 18.3 Å². The molecule has 1 aliphatic heterocycles. The summed E-state index contributed by atoms with van der Waals surface area (Å²) in [5.41, 5.74) is 0. The molecule has 1 saturated heterocycles. The van der Waals surface area contributed by atoms with E-state index in [0.717, 1.165) is 6.61 Å². The van der Waals surface area contributed by atoms with Crippen molar-refractivity contribution < 1.29 is 4.74 Å². The SMILES string of the molecule is CC[Si](CC)(CC)C1([SiH3])CCCCO1. The molecule has 0 saturated carbocycles. The number of hydrogen-bond donors (Lipinski definition) is 0. The molecule has 0 spiro atoms. The predicted molar refractivity (Wildman–Crippen MR) is 69.7 cm³/mol. The van der Waals surface area contributed by atoms with Crippen LogP contribution in [0.1, 0.15) is 40.0 Å². The molecule has 0 radical (unpaired) electrons. The van der Waals surface area contributed by atoms with Crippen LogP contribution in [0.15, 0.2) is 0 Å². The summed E-state index contributed by atoms with van der Waals surface area (Å²) in [7, 11) is 0.154. The molecule has 0 aromatic rings. The van der Waals surface area contributed by atoms with E-state index in [2.05, 4.69) is 20.8 Å². The summed E-state index contributed by atoms with van der Waals surface area (Å²) in [6.45, 7) is 8.24. The minimum Gasteiger partial charge on any atom is -0.383 e. The van der Waals surface area contributed by atoms with E-state index >= 15 is 0 Å². The Kier molecular flexibility index (Phi) is 4.40. The van der Waals surface area contributed by atoms with Crippen molar-refractivity contribution in [3.05, 3.63) is 0 Å². The monoisotopic (exact) mass is 230 g/mol. The largest absolute Gasteiger partial charge is 0.383 e. The van der Waals surface area contributed by atoms with Crippen molar-refractivity contribution in [2.75, 3.05) is 6.61 Å². The third kappa shape index (κ3) is 2.00. The van der Waals surface area contributed by atoms with Crippen LogP contribution in [0.4, 0.5) is 0 Å². The summed E-state index contributed by atoms with van der Waals surface area (Å²) in [6.07, 6.45) is 4.09. The molecule has 1 fully saturated rings. The van der Waals surface area contributed by atoms with Crippen molar-refractivity contribution in [2.45, 2.75) is 63.0 Å². The van der Waals surface area contributed by atoms with E-state index in [1.165, 1.54) is 47.6 Å². The lowest BCUT2D eigenvalue weighted by atomic mass is 10.2. The first-order valence-corrected chi connectivity index (χ1v) is 9.90. The lowest BCUT2D eigenvalue weighted by Gasteiger charge is -2.48. The molecular weight excluding hydrogens is 204 g/mol. The van der Waals surface area contributed by atoms with Crippen molar-refractivity contribution in [1.82, 2.24) is 0 Å². The van der Waals surface area contributed by atoms with Crippen LogP contribution in [0.2, 0.25) is 18.1 Å². The summed E-state index contributed by atoms with van der Waals surface area (Å²) in [5.74, 6) is 0. The minimum absolute atomic E-state index is 0.420. The highest BCUT2D eigenvalue weighted by atomic mass is 28.4. The van der Waals surface area contributed by atoms with Gasteiger partial charge in [0.05, 0.1) is 8.07 Å². The summed E-state index contributed by atoms with van der Waals surface area (Å²) in [4.78, 5) is 0.420. The second-order valence-corrected chi connectivity index (χ2v) is 13.2. The first kappa shape index (κ1) is 12.5. The van der Waals surface area contributed by atoms with E-state index in [0.29, 0.717) is 4.85 Å². The zero-order valence-electron chi connectivity index (χ0n) is 10.4. The molecule has 0 amide bonds. The molecule has 0 aliphatic carbocycles. The summed E-state index contributed by atoms with van der Waals surface area (Å²) in [6, 6.07) is 4.26. The third-order valence-electron chi connectivity index (χ3n) is 4.62. The molecule has 1 aliphatic rings. The Bertz CT molecular complexity index is 164. The van der Waals surface area contributed by atoms with E-state index in [4.69, 9.17) is 4.74 Å². The Morgan fingerprint density at radius 2 is 1.71 bits per heavy atom. The number of hydrogen-bond acceptors (Lipinski definition) is 1. The van der Waals surface area contributed by atoms with E-state index in [9.17, 15) is 0 Å². The average Bonchev–Trinajstić information content (AvgIpc) is 2.22. The zero-order chi connectivity index (χ0) is 10.7. The maximum Gasteiger partial charge on any atom is 0.0853 e. The van der Waals surface area contributed by atoms with Crippen LogP contribution in [0, 0.1) is 0 Å². The second kappa shape index (κ2) is 4.95. The Morgan fingerprint density at radius 1 is 1.14 bits per heavy atom. The van der Waals surface area contributed by atoms with Crippen molar-refractivity contribution in [3.8, 4) is 0 Å². The molecule has 1 heterocycles. The third-order valence-corrected chi connectivity index (χ3v) is 15.3. The highest BCUT2D eigenvalue weighted by Gasteiger charge is 2.47. The van der Waals surface area contributed by atoms with Gasteiger partial charge in [-0.1, -0.05) is 38.9 Å². The topological polar surface area (TPSA) is 9.23 Å². The van der Waals surface area contributed by atoms with Gasteiger partial charge in [0.25, 0.3) is 0 Å². The van der Waals surface area contributed by atoms with Crippen LogP contribution < -0.4 is 0 Å². The fraction of sp³-hybridized carbons (Fsp3) is 1.00. The van der Waals surface area contributed by atoms with Crippen LogP contribution in [0.3, 0.4) is 0 Å². The van der Waals surface area contributed by atoms with Gasteiger partial charge in [0.1, 0.15) is 0 Å². The van der Waals surface area contributed by atoms with Crippen molar-refractivity contribution in [3.63, 3.8) is 0 Å². The Labute approximate surface area is 93.0 Å². The summed E-state index contributed by atoms with van der Waals surface area (Å²) in [5, 5.41) is 0. The molecule has 0 bridgehead atoms. The quantitative estimate of drug-likeness (QED) is 0.674. The maximum atomic E-state index is 6.23. The van der Waals surface area contributed by atoms with Gasteiger partial charge in [0.15, 0.2) is 0 Å². The standard InChI is InChI=1S/C11H26OSi2/c1-4-14(5-2,6-3)11(13)9-7-8-10-12-11/h4-10H2,1-3,13H3. The van der Waals surface area contributed by atoms with Gasteiger partial charge >= 0.3 is 0 Å². The van der Waals surface area contributed by atoms with Crippen LogP contribution in [-0.4, -0.2) is 29.8 Å². The summed E-state index contributed by atoms with van der Waals surface area (Å²) < 4.78 is 6.23. The van der Waals surface area contributed by atoms with Crippen LogP contribution >= 0.6 is 0 Å². The molecule has 14 heavy (non-hydrogen) atoms. The van der Waals surface area contributed by atoms with Gasteiger partial charge < -0.3 is 4.74 Å². The Balaban J connectivity index is 2.83. The smallest absolute Gasteiger partial charge is 0.0853 e. The van der Waals surface area contributed by atoms with Gasteiger partial charge in [-0.05, 0) is 19.3 Å². The molecule has 1 rings (SSSR count). The van der Waals surface area contributed by atoms with Crippen LogP contribution in [-0.2, 0) is 4.74 Å². The fourth-order valence-corrected chi connectivity index (χ4v) is 11.8. The lowest BCUT2D eigenvalue weighted by molar-refractivity contribution is 0.0288. The molecule has 0 aromatic heterocycles. The van der Waals surface area contributed by atoms with E-state index in [-0.39, 0.29) is 0 Å². The molecule has 0 N–H and O–H groups in total. The lowest BCUT2D eigenvalue weighted by Crippen LogP contribution is -2.60. The van der Waals surface area contributed by atoms with Gasteiger partial charge in [-0.2, -0.15) is 0 Å². The highest BCUT2D eigenvalue weighted by Crippen LogP contribution is 2.38. The first-order valence-electron chi connectivity index (χ1n) is 6.28. The first-order chi connectivity index (χ1) is 6.64. The Hall–Kier alpha value is 0.394. The van der Waals surface area contributed by atoms with Gasteiger partial charge in [-0.15, -0.1) is 0 Å². The molecule has 1 nitrogen and oxygen atoms in total. The van der Waals surface area contributed by atoms with E-state index < -0.39 is 8.07 Å².